The molecule has 0 bridgehead atoms. The first-order valence-electron chi connectivity index (χ1n) is 3.78. The summed E-state index contributed by atoms with van der Waals surface area (Å²) >= 11 is 0. The largest absolute Gasteiger partial charge is 0.266 e. The number of rotatable bonds is 3. The van der Waals surface area contributed by atoms with Crippen molar-refractivity contribution in [3.8, 4) is 0 Å². The molecule has 4 heteroatoms. The molecule has 0 spiro atoms. The molecule has 0 atom stereocenters. The lowest BCUT2D eigenvalue weighted by Gasteiger charge is -2.05. The molecule has 0 heterocycles. The second-order valence-electron chi connectivity index (χ2n) is 2.56. The maximum absolute atomic E-state index is 13.1. The lowest BCUT2D eigenvalue weighted by Crippen LogP contribution is -1.98. The summed E-state index contributed by atoms with van der Waals surface area (Å²) in [6.07, 6.45) is -3.01. The van der Waals surface area contributed by atoms with E-state index in [4.69, 9.17) is 0 Å². The fourth-order valence-electron chi connectivity index (χ4n) is 1.06. The van der Waals surface area contributed by atoms with Crippen LogP contribution in [0.3, 0.4) is 0 Å². The van der Waals surface area contributed by atoms with E-state index in [0.717, 1.165) is 6.07 Å². The number of hydrogen-bond donors (Lipinski definition) is 0. The molecular weight excluding hydrogens is 184 g/mol. The Morgan fingerprint density at radius 2 is 1.92 bits per heavy atom. The fraction of sp³-hybridized carbons (Fsp3) is 0.333. The summed E-state index contributed by atoms with van der Waals surface area (Å²) in [6, 6.07) is 3.61. The van der Waals surface area contributed by atoms with Crippen LogP contribution in [0.2, 0.25) is 0 Å². The average molecular weight is 192 g/mol. The minimum absolute atomic E-state index is 0.000278. The Kier molecular flexibility index (Phi) is 3.28. The summed E-state index contributed by atoms with van der Waals surface area (Å²) in [7, 11) is 0. The molecule has 0 aromatic heterocycles. The molecule has 0 saturated carbocycles. The van der Waals surface area contributed by atoms with E-state index in [2.05, 4.69) is 0 Å². The van der Waals surface area contributed by atoms with Gasteiger partial charge in [0.15, 0.2) is 0 Å². The van der Waals surface area contributed by atoms with Crippen LogP contribution in [-0.4, -0.2) is 6.67 Å². The van der Waals surface area contributed by atoms with Gasteiger partial charge in [0.1, 0.15) is 5.82 Å². The molecular formula is C9H8F4. The van der Waals surface area contributed by atoms with Crippen LogP contribution < -0.4 is 0 Å². The minimum atomic E-state index is -2.85. The van der Waals surface area contributed by atoms with Gasteiger partial charge >= 0.3 is 0 Å². The molecule has 1 aromatic carbocycles. The van der Waals surface area contributed by atoms with E-state index in [1.54, 1.807) is 0 Å². The Hall–Kier alpha value is -1.06. The third-order valence-corrected chi connectivity index (χ3v) is 1.71. The van der Waals surface area contributed by atoms with Crippen molar-refractivity contribution >= 4 is 0 Å². The molecule has 1 rings (SSSR count). The minimum Gasteiger partial charge on any atom is -0.251 e. The van der Waals surface area contributed by atoms with Gasteiger partial charge in [-0.05, 0) is 5.56 Å². The molecule has 0 unspecified atom stereocenters. The molecule has 1 aromatic rings. The van der Waals surface area contributed by atoms with Crippen LogP contribution in [0.4, 0.5) is 17.6 Å². The van der Waals surface area contributed by atoms with Crippen LogP contribution in [0.5, 0.6) is 0 Å². The first-order valence-corrected chi connectivity index (χ1v) is 3.78. The number of benzene rings is 1. The standard InChI is InChI=1S/C9H8F4/c10-5-4-6-2-1-3-7(8(6)11)9(12)13/h1-3,9H,4-5H2. The van der Waals surface area contributed by atoms with Crippen LogP contribution in [0.25, 0.3) is 0 Å². The maximum Gasteiger partial charge on any atom is 0.266 e. The van der Waals surface area contributed by atoms with Gasteiger partial charge in [-0.3, -0.25) is 4.39 Å². The van der Waals surface area contributed by atoms with Gasteiger partial charge in [-0.1, -0.05) is 18.2 Å². The monoisotopic (exact) mass is 192 g/mol. The van der Waals surface area contributed by atoms with Crippen molar-refractivity contribution in [2.24, 2.45) is 0 Å². The second-order valence-corrected chi connectivity index (χ2v) is 2.56. The van der Waals surface area contributed by atoms with Crippen molar-refractivity contribution in [3.63, 3.8) is 0 Å². The maximum atomic E-state index is 13.1. The average Bonchev–Trinajstić information content (AvgIpc) is 2.08. The molecule has 0 saturated heterocycles. The lowest BCUT2D eigenvalue weighted by atomic mass is 10.1. The zero-order valence-corrected chi connectivity index (χ0v) is 6.74. The summed E-state index contributed by atoms with van der Waals surface area (Å²) in [4.78, 5) is 0. The molecule has 0 nitrogen and oxygen atoms in total. The number of aryl methyl sites for hydroxylation is 1. The van der Waals surface area contributed by atoms with Crippen molar-refractivity contribution in [2.45, 2.75) is 12.8 Å². The van der Waals surface area contributed by atoms with Crippen molar-refractivity contribution in [2.75, 3.05) is 6.67 Å². The van der Waals surface area contributed by atoms with Gasteiger partial charge < -0.3 is 0 Å². The van der Waals surface area contributed by atoms with Crippen LogP contribution in [-0.2, 0) is 6.42 Å². The topological polar surface area (TPSA) is 0 Å². The predicted molar refractivity (Wildman–Crippen MR) is 41.0 cm³/mol. The van der Waals surface area contributed by atoms with Crippen LogP contribution in [0.1, 0.15) is 17.6 Å². The molecule has 72 valence electrons. The quantitative estimate of drug-likeness (QED) is 0.644. The summed E-state index contributed by atoms with van der Waals surface area (Å²) in [6.45, 7) is -0.746. The Morgan fingerprint density at radius 1 is 1.23 bits per heavy atom. The number of halogens is 4. The lowest BCUT2D eigenvalue weighted by molar-refractivity contribution is 0.146. The SMILES string of the molecule is FCCc1cccc(C(F)F)c1F. The normalized spacial score (nSPS) is 10.8. The van der Waals surface area contributed by atoms with Gasteiger partial charge in [0.05, 0.1) is 12.2 Å². The van der Waals surface area contributed by atoms with E-state index < -0.39 is 24.5 Å². The van der Waals surface area contributed by atoms with Gasteiger partial charge in [0.2, 0.25) is 0 Å². The van der Waals surface area contributed by atoms with Gasteiger partial charge in [0, 0.05) is 6.42 Å². The van der Waals surface area contributed by atoms with E-state index in [1.807, 2.05) is 0 Å². The van der Waals surface area contributed by atoms with Crippen molar-refractivity contribution in [3.05, 3.63) is 35.1 Å². The van der Waals surface area contributed by atoms with Crippen molar-refractivity contribution in [1.82, 2.24) is 0 Å². The number of hydrogen-bond acceptors (Lipinski definition) is 0. The molecule has 0 aliphatic carbocycles. The summed E-state index contributed by atoms with van der Waals surface area (Å²) in [5, 5.41) is 0. The highest BCUT2D eigenvalue weighted by atomic mass is 19.3. The van der Waals surface area contributed by atoms with E-state index in [9.17, 15) is 17.6 Å². The van der Waals surface area contributed by atoms with Gasteiger partial charge in [-0.2, -0.15) is 0 Å². The second kappa shape index (κ2) is 4.25. The molecule has 13 heavy (non-hydrogen) atoms. The fourth-order valence-corrected chi connectivity index (χ4v) is 1.06. The first-order chi connectivity index (χ1) is 6.16. The van der Waals surface area contributed by atoms with Gasteiger partial charge in [0.25, 0.3) is 6.43 Å². The third-order valence-electron chi connectivity index (χ3n) is 1.71. The molecule has 0 aliphatic rings. The highest BCUT2D eigenvalue weighted by Crippen LogP contribution is 2.24. The molecule has 0 N–H and O–H groups in total. The Balaban J connectivity index is 3.03. The van der Waals surface area contributed by atoms with E-state index >= 15 is 0 Å². The zero-order valence-electron chi connectivity index (χ0n) is 6.74. The van der Waals surface area contributed by atoms with Crippen LogP contribution in [0.15, 0.2) is 18.2 Å². The summed E-state index contributed by atoms with van der Waals surface area (Å²) < 4.78 is 49.1. The molecule has 0 amide bonds. The summed E-state index contributed by atoms with van der Waals surface area (Å²) in [5.74, 6) is -0.991. The highest BCUT2D eigenvalue weighted by molar-refractivity contribution is 5.26. The Labute approximate surface area is 73.2 Å². The summed E-state index contributed by atoms with van der Waals surface area (Å²) in [5.41, 5.74) is -0.661. The molecule has 0 aliphatic heterocycles. The zero-order chi connectivity index (χ0) is 9.84. The molecule has 0 radical (unpaired) electrons. The molecule has 0 fully saturated rings. The highest BCUT2D eigenvalue weighted by Gasteiger charge is 2.15. The van der Waals surface area contributed by atoms with Crippen molar-refractivity contribution in [1.29, 1.82) is 0 Å². The van der Waals surface area contributed by atoms with Gasteiger partial charge in [-0.15, -0.1) is 0 Å². The van der Waals surface area contributed by atoms with Crippen molar-refractivity contribution < 1.29 is 17.6 Å². The smallest absolute Gasteiger partial charge is 0.251 e. The number of alkyl halides is 3. The van der Waals surface area contributed by atoms with Crippen LogP contribution >= 0.6 is 0 Å². The van der Waals surface area contributed by atoms with Gasteiger partial charge in [-0.25, -0.2) is 13.2 Å². The Bertz CT molecular complexity index is 283. The van der Waals surface area contributed by atoms with E-state index in [-0.39, 0.29) is 12.0 Å². The van der Waals surface area contributed by atoms with Crippen LogP contribution in [0, 0.1) is 5.82 Å². The Morgan fingerprint density at radius 3 is 2.46 bits per heavy atom. The van der Waals surface area contributed by atoms with E-state index in [1.165, 1.54) is 12.1 Å². The third kappa shape index (κ3) is 2.20. The first kappa shape index (κ1) is 10.0. The predicted octanol–water partition coefficient (Wildman–Crippen LogP) is 3.28. The van der Waals surface area contributed by atoms with E-state index in [0.29, 0.717) is 0 Å².